The van der Waals surface area contributed by atoms with E-state index in [1.54, 1.807) is 0 Å². The number of hydrogen-bond donors (Lipinski definition) is 1. The first kappa shape index (κ1) is 13.0. The van der Waals surface area contributed by atoms with E-state index < -0.39 is 0 Å². The Hall–Kier alpha value is -2.47. The molecule has 3 heteroatoms. The Morgan fingerprint density at radius 3 is 2.32 bits per heavy atom. The molecule has 0 spiro atoms. The number of benzene rings is 2. The molecule has 0 bridgehead atoms. The van der Waals surface area contributed by atoms with Gasteiger partial charge in [0.25, 0.3) is 0 Å². The van der Waals surface area contributed by atoms with E-state index in [4.69, 9.17) is 5.26 Å². The molecule has 0 amide bonds. The van der Waals surface area contributed by atoms with Crippen molar-refractivity contribution in [2.24, 2.45) is 0 Å². The van der Waals surface area contributed by atoms with Crippen LogP contribution in [0.1, 0.15) is 11.1 Å². The fraction of sp³-hybridized carbons (Fsp3) is 0.188. The van der Waals surface area contributed by atoms with Crippen molar-refractivity contribution in [3.05, 3.63) is 53.6 Å². The van der Waals surface area contributed by atoms with Crippen molar-refractivity contribution in [2.45, 2.75) is 6.92 Å². The highest BCUT2D eigenvalue weighted by Gasteiger charge is 2.05. The van der Waals surface area contributed by atoms with Crippen molar-refractivity contribution in [3.63, 3.8) is 0 Å². The van der Waals surface area contributed by atoms with Crippen LogP contribution in [0.4, 0.5) is 17.1 Å². The zero-order valence-electron chi connectivity index (χ0n) is 11.4. The summed E-state index contributed by atoms with van der Waals surface area (Å²) in [5, 5.41) is 12.5. The van der Waals surface area contributed by atoms with Gasteiger partial charge in [0.15, 0.2) is 0 Å². The van der Waals surface area contributed by atoms with Crippen molar-refractivity contribution in [3.8, 4) is 6.07 Å². The van der Waals surface area contributed by atoms with Crippen LogP contribution in [0.25, 0.3) is 0 Å². The maximum Gasteiger partial charge on any atom is 0.101 e. The highest BCUT2D eigenvalue weighted by atomic mass is 15.1. The molecule has 3 nitrogen and oxygen atoms in total. The number of anilines is 3. The molecular formula is C16H17N3. The summed E-state index contributed by atoms with van der Waals surface area (Å²) in [6.07, 6.45) is 0. The van der Waals surface area contributed by atoms with E-state index in [1.807, 2.05) is 63.5 Å². The van der Waals surface area contributed by atoms with Gasteiger partial charge in [-0.1, -0.05) is 12.1 Å². The van der Waals surface area contributed by atoms with Crippen LogP contribution in [0.3, 0.4) is 0 Å². The first-order valence-corrected chi connectivity index (χ1v) is 6.16. The summed E-state index contributed by atoms with van der Waals surface area (Å²) < 4.78 is 0. The summed E-state index contributed by atoms with van der Waals surface area (Å²) in [6.45, 7) is 2.00. The molecule has 0 radical (unpaired) electrons. The highest BCUT2D eigenvalue weighted by Crippen LogP contribution is 2.25. The van der Waals surface area contributed by atoms with Crippen molar-refractivity contribution in [2.75, 3.05) is 24.3 Å². The lowest BCUT2D eigenvalue weighted by molar-refractivity contribution is 1.13. The van der Waals surface area contributed by atoms with Crippen LogP contribution in [0.5, 0.6) is 0 Å². The molecule has 0 saturated carbocycles. The average molecular weight is 251 g/mol. The summed E-state index contributed by atoms with van der Waals surface area (Å²) >= 11 is 0. The van der Waals surface area contributed by atoms with Crippen LogP contribution in [-0.2, 0) is 0 Å². The molecule has 0 aromatic heterocycles. The number of nitrogens with zero attached hydrogens (tertiary/aromatic N) is 2. The molecular weight excluding hydrogens is 234 g/mol. The second-order valence-electron chi connectivity index (χ2n) is 4.68. The lowest BCUT2D eigenvalue weighted by Gasteiger charge is -2.14. The van der Waals surface area contributed by atoms with E-state index in [2.05, 4.69) is 16.3 Å². The molecule has 1 N–H and O–H groups in total. The minimum Gasteiger partial charge on any atom is -0.378 e. The van der Waals surface area contributed by atoms with Crippen molar-refractivity contribution in [1.29, 1.82) is 5.26 Å². The summed E-state index contributed by atoms with van der Waals surface area (Å²) in [5.74, 6) is 0. The van der Waals surface area contributed by atoms with E-state index in [9.17, 15) is 0 Å². The number of nitrogens with one attached hydrogen (secondary N) is 1. The Morgan fingerprint density at radius 1 is 1.05 bits per heavy atom. The first-order chi connectivity index (χ1) is 9.11. The van der Waals surface area contributed by atoms with E-state index in [0.717, 1.165) is 22.6 Å². The van der Waals surface area contributed by atoms with Crippen LogP contribution >= 0.6 is 0 Å². The van der Waals surface area contributed by atoms with Crippen LogP contribution in [0, 0.1) is 18.3 Å². The minimum atomic E-state index is 0.664. The third kappa shape index (κ3) is 2.86. The normalized spacial score (nSPS) is 9.79. The van der Waals surface area contributed by atoms with Gasteiger partial charge in [-0.2, -0.15) is 5.26 Å². The van der Waals surface area contributed by atoms with Gasteiger partial charge in [0.1, 0.15) is 6.07 Å². The molecule has 0 unspecified atom stereocenters. The Morgan fingerprint density at radius 2 is 1.74 bits per heavy atom. The zero-order chi connectivity index (χ0) is 13.8. The first-order valence-electron chi connectivity index (χ1n) is 6.16. The molecule has 0 aliphatic heterocycles. The number of hydrogen-bond acceptors (Lipinski definition) is 3. The monoisotopic (exact) mass is 251 g/mol. The quantitative estimate of drug-likeness (QED) is 0.904. The molecule has 0 aliphatic carbocycles. The molecule has 2 rings (SSSR count). The van der Waals surface area contributed by atoms with E-state index in [1.165, 1.54) is 0 Å². The summed E-state index contributed by atoms with van der Waals surface area (Å²) in [4.78, 5) is 2.05. The van der Waals surface area contributed by atoms with Gasteiger partial charge in [-0.3, -0.25) is 0 Å². The smallest absolute Gasteiger partial charge is 0.101 e. The molecule has 0 heterocycles. The van der Waals surface area contributed by atoms with E-state index in [0.29, 0.717) is 5.56 Å². The maximum absolute atomic E-state index is 9.14. The molecule has 0 atom stereocenters. The van der Waals surface area contributed by atoms with E-state index >= 15 is 0 Å². The van der Waals surface area contributed by atoms with Crippen LogP contribution < -0.4 is 10.2 Å². The zero-order valence-corrected chi connectivity index (χ0v) is 11.4. The van der Waals surface area contributed by atoms with Crippen molar-refractivity contribution in [1.82, 2.24) is 0 Å². The number of rotatable bonds is 3. The number of para-hydroxylation sites is 1. The maximum atomic E-state index is 9.14. The fourth-order valence-electron chi connectivity index (χ4n) is 1.91. The predicted molar refractivity (Wildman–Crippen MR) is 79.9 cm³/mol. The van der Waals surface area contributed by atoms with Gasteiger partial charge in [-0.05, 0) is 42.8 Å². The lowest BCUT2D eigenvalue weighted by Crippen LogP contribution is -2.08. The molecule has 0 saturated heterocycles. The van der Waals surface area contributed by atoms with Gasteiger partial charge >= 0.3 is 0 Å². The Kier molecular flexibility index (Phi) is 3.72. The third-order valence-electron chi connectivity index (χ3n) is 3.05. The predicted octanol–water partition coefficient (Wildman–Crippen LogP) is 3.68. The highest BCUT2D eigenvalue weighted by molar-refractivity contribution is 5.70. The SMILES string of the molecule is Cc1cccc(C#N)c1Nc1ccc(N(C)C)cc1. The number of aryl methyl sites for hydroxylation is 1. The minimum absolute atomic E-state index is 0.664. The van der Waals surface area contributed by atoms with Crippen molar-refractivity contribution >= 4 is 17.1 Å². The Bertz CT molecular complexity index is 607. The van der Waals surface area contributed by atoms with Gasteiger partial charge < -0.3 is 10.2 Å². The Balaban J connectivity index is 2.29. The third-order valence-corrected chi connectivity index (χ3v) is 3.05. The van der Waals surface area contributed by atoms with Gasteiger partial charge in [0.2, 0.25) is 0 Å². The topological polar surface area (TPSA) is 39.1 Å². The van der Waals surface area contributed by atoms with Crippen LogP contribution in [0.2, 0.25) is 0 Å². The summed E-state index contributed by atoms with van der Waals surface area (Å²) in [7, 11) is 4.02. The van der Waals surface area contributed by atoms with Gasteiger partial charge in [0.05, 0.1) is 11.3 Å². The van der Waals surface area contributed by atoms with Gasteiger partial charge in [-0.15, -0.1) is 0 Å². The molecule has 96 valence electrons. The molecule has 2 aromatic carbocycles. The van der Waals surface area contributed by atoms with Crippen LogP contribution in [-0.4, -0.2) is 14.1 Å². The molecule has 2 aromatic rings. The number of nitriles is 1. The van der Waals surface area contributed by atoms with Crippen LogP contribution in [0.15, 0.2) is 42.5 Å². The summed E-state index contributed by atoms with van der Waals surface area (Å²) in [6, 6.07) is 16.1. The summed E-state index contributed by atoms with van der Waals surface area (Å²) in [5.41, 5.74) is 4.74. The second kappa shape index (κ2) is 5.45. The standard InChI is InChI=1S/C16H17N3/c1-12-5-4-6-13(11-17)16(12)18-14-7-9-15(10-8-14)19(2)3/h4-10,18H,1-3H3. The van der Waals surface area contributed by atoms with Gasteiger partial charge in [-0.25, -0.2) is 0 Å². The average Bonchev–Trinajstić information content (AvgIpc) is 2.41. The molecule has 19 heavy (non-hydrogen) atoms. The second-order valence-corrected chi connectivity index (χ2v) is 4.68. The largest absolute Gasteiger partial charge is 0.378 e. The van der Waals surface area contributed by atoms with Crippen molar-refractivity contribution < 1.29 is 0 Å². The molecule has 0 fully saturated rings. The Labute approximate surface area is 114 Å². The van der Waals surface area contributed by atoms with E-state index in [-0.39, 0.29) is 0 Å². The fourth-order valence-corrected chi connectivity index (χ4v) is 1.91. The van der Waals surface area contributed by atoms with Gasteiger partial charge in [0, 0.05) is 25.5 Å². The molecule has 0 aliphatic rings. The lowest BCUT2D eigenvalue weighted by atomic mass is 10.1.